The molecule has 1 aromatic carbocycles. The van der Waals surface area contributed by atoms with Gasteiger partial charge in [-0.15, -0.1) is 24.0 Å². The number of hydrogen-bond donors (Lipinski definition) is 3. The molecule has 31 heavy (non-hydrogen) atoms. The lowest BCUT2D eigenvalue weighted by Gasteiger charge is -2.22. The van der Waals surface area contributed by atoms with Gasteiger partial charge < -0.3 is 16.0 Å². The summed E-state index contributed by atoms with van der Waals surface area (Å²) in [6.45, 7) is 8.95. The summed E-state index contributed by atoms with van der Waals surface area (Å²) in [6.07, 6.45) is -3.40. The minimum Gasteiger partial charge on any atom is -0.359 e. The molecule has 1 unspecified atom stereocenters. The molecule has 1 aromatic rings. The van der Waals surface area contributed by atoms with Crippen LogP contribution in [-0.4, -0.2) is 56.0 Å². The van der Waals surface area contributed by atoms with Crippen molar-refractivity contribution in [2.24, 2.45) is 10.4 Å². The molecule has 1 heterocycles. The Labute approximate surface area is 199 Å². The number of hydrogen-bond acceptors (Lipinski definition) is 3. The monoisotopic (exact) mass is 555 g/mol. The molecule has 3 N–H and O–H groups in total. The first kappa shape index (κ1) is 27.5. The Bertz CT molecular complexity index is 738. The first-order valence-electron chi connectivity index (χ1n) is 10.2. The van der Waals surface area contributed by atoms with E-state index in [-0.39, 0.29) is 35.9 Å². The molecule has 1 aliphatic rings. The molecule has 1 amide bonds. The van der Waals surface area contributed by atoms with Gasteiger partial charge in [0.15, 0.2) is 5.96 Å². The number of rotatable bonds is 7. The molecular formula is C21H33F3IN5O. The Hall–Kier alpha value is -1.56. The summed E-state index contributed by atoms with van der Waals surface area (Å²) in [4.78, 5) is 18.7. The van der Waals surface area contributed by atoms with Crippen LogP contribution in [0.4, 0.5) is 13.2 Å². The van der Waals surface area contributed by atoms with Gasteiger partial charge in [0.05, 0.1) is 17.5 Å². The molecule has 10 heteroatoms. The number of halogens is 4. The van der Waals surface area contributed by atoms with Crippen LogP contribution in [0.15, 0.2) is 29.3 Å². The van der Waals surface area contributed by atoms with Gasteiger partial charge in [0.1, 0.15) is 0 Å². The first-order chi connectivity index (χ1) is 14.0. The maximum absolute atomic E-state index is 12.7. The van der Waals surface area contributed by atoms with Gasteiger partial charge in [0, 0.05) is 39.3 Å². The van der Waals surface area contributed by atoms with E-state index in [9.17, 15) is 18.0 Å². The van der Waals surface area contributed by atoms with Crippen molar-refractivity contribution >= 4 is 35.8 Å². The van der Waals surface area contributed by atoms with Crippen molar-refractivity contribution in [1.29, 1.82) is 0 Å². The van der Waals surface area contributed by atoms with Crippen molar-refractivity contribution in [3.63, 3.8) is 0 Å². The van der Waals surface area contributed by atoms with E-state index >= 15 is 0 Å². The van der Waals surface area contributed by atoms with Crippen molar-refractivity contribution in [3.8, 4) is 0 Å². The predicted molar refractivity (Wildman–Crippen MR) is 128 cm³/mol. The van der Waals surface area contributed by atoms with E-state index in [1.165, 1.54) is 12.1 Å². The summed E-state index contributed by atoms with van der Waals surface area (Å²) in [5, 5.41) is 9.27. The van der Waals surface area contributed by atoms with E-state index < -0.39 is 17.2 Å². The lowest BCUT2D eigenvalue weighted by molar-refractivity contribution is -0.137. The van der Waals surface area contributed by atoms with Gasteiger partial charge in [-0.25, -0.2) is 0 Å². The van der Waals surface area contributed by atoms with Gasteiger partial charge in [-0.2, -0.15) is 13.2 Å². The number of amides is 1. The molecule has 1 aliphatic heterocycles. The van der Waals surface area contributed by atoms with Crippen molar-refractivity contribution in [3.05, 3.63) is 35.4 Å². The van der Waals surface area contributed by atoms with E-state index in [4.69, 9.17) is 0 Å². The van der Waals surface area contributed by atoms with Crippen molar-refractivity contribution in [2.75, 3.05) is 33.2 Å². The van der Waals surface area contributed by atoms with E-state index in [1.807, 2.05) is 20.8 Å². The quantitative estimate of drug-likeness (QED) is 0.275. The lowest BCUT2D eigenvalue weighted by Crippen LogP contribution is -2.45. The van der Waals surface area contributed by atoms with Crippen LogP contribution in [0.5, 0.6) is 0 Å². The number of guanidine groups is 1. The summed E-state index contributed by atoms with van der Waals surface area (Å²) in [5.74, 6) is 0.599. The summed E-state index contributed by atoms with van der Waals surface area (Å²) < 4.78 is 38.1. The molecule has 0 radical (unpaired) electrons. The third-order valence-corrected chi connectivity index (χ3v) is 5.12. The Morgan fingerprint density at radius 2 is 1.87 bits per heavy atom. The van der Waals surface area contributed by atoms with Gasteiger partial charge in [0.25, 0.3) is 0 Å². The zero-order valence-electron chi connectivity index (χ0n) is 18.5. The van der Waals surface area contributed by atoms with Crippen LogP contribution in [0.2, 0.25) is 0 Å². The number of benzene rings is 1. The van der Waals surface area contributed by atoms with Crippen LogP contribution < -0.4 is 16.0 Å². The standard InChI is InChI=1S/C21H32F3N5O.HI/c1-5-26-19(27-14-20(2,3)18(30)25-4)28-17-10-11-29(13-17)12-15-6-8-16(9-7-15)21(22,23)24;/h6-9,17H,5,10-14H2,1-4H3,(H,25,30)(H2,26,27,28);1H. The number of carbonyl (C=O) groups excluding carboxylic acids is 1. The molecule has 0 aliphatic carbocycles. The Morgan fingerprint density at radius 1 is 1.23 bits per heavy atom. The molecule has 0 spiro atoms. The highest BCUT2D eigenvalue weighted by Crippen LogP contribution is 2.29. The number of carbonyl (C=O) groups is 1. The van der Waals surface area contributed by atoms with E-state index in [0.717, 1.165) is 37.2 Å². The normalized spacial score (nSPS) is 17.8. The van der Waals surface area contributed by atoms with Gasteiger partial charge in [-0.3, -0.25) is 14.7 Å². The maximum Gasteiger partial charge on any atom is 0.416 e. The molecule has 1 saturated heterocycles. The molecule has 6 nitrogen and oxygen atoms in total. The zero-order chi connectivity index (χ0) is 22.4. The molecule has 1 fully saturated rings. The molecule has 2 rings (SSSR count). The van der Waals surface area contributed by atoms with E-state index in [2.05, 4.69) is 25.8 Å². The van der Waals surface area contributed by atoms with Crippen molar-refractivity contribution in [2.45, 2.75) is 46.0 Å². The van der Waals surface area contributed by atoms with Crippen molar-refractivity contribution < 1.29 is 18.0 Å². The number of alkyl halides is 3. The third kappa shape index (κ3) is 8.47. The number of nitrogens with one attached hydrogen (secondary N) is 3. The average Bonchev–Trinajstić information content (AvgIpc) is 3.12. The molecule has 0 aromatic heterocycles. The van der Waals surface area contributed by atoms with E-state index in [0.29, 0.717) is 25.6 Å². The highest BCUT2D eigenvalue weighted by atomic mass is 127. The largest absolute Gasteiger partial charge is 0.416 e. The van der Waals surface area contributed by atoms with Crippen LogP contribution >= 0.6 is 24.0 Å². The third-order valence-electron chi connectivity index (χ3n) is 5.12. The minimum atomic E-state index is -4.31. The summed E-state index contributed by atoms with van der Waals surface area (Å²) >= 11 is 0. The second-order valence-corrected chi connectivity index (χ2v) is 8.22. The maximum atomic E-state index is 12.7. The van der Waals surface area contributed by atoms with Crippen LogP contribution in [0.25, 0.3) is 0 Å². The zero-order valence-corrected chi connectivity index (χ0v) is 20.8. The van der Waals surface area contributed by atoms with Gasteiger partial charge in [0.2, 0.25) is 5.91 Å². The topological polar surface area (TPSA) is 68.8 Å². The van der Waals surface area contributed by atoms with Crippen molar-refractivity contribution in [1.82, 2.24) is 20.9 Å². The molecule has 1 atom stereocenters. The fraction of sp³-hybridized carbons (Fsp3) is 0.619. The summed E-state index contributed by atoms with van der Waals surface area (Å²) in [5.41, 5.74) is -0.378. The highest BCUT2D eigenvalue weighted by molar-refractivity contribution is 14.0. The van der Waals surface area contributed by atoms with Gasteiger partial charge >= 0.3 is 6.18 Å². The smallest absolute Gasteiger partial charge is 0.359 e. The second-order valence-electron chi connectivity index (χ2n) is 8.22. The Morgan fingerprint density at radius 3 is 2.42 bits per heavy atom. The average molecular weight is 555 g/mol. The Kier molecular flexibility index (Phi) is 10.5. The second kappa shape index (κ2) is 11.9. The predicted octanol–water partition coefficient (Wildman–Crippen LogP) is 3.23. The van der Waals surface area contributed by atoms with Crippen LogP contribution in [0.1, 0.15) is 38.3 Å². The van der Waals surface area contributed by atoms with Gasteiger partial charge in [-0.05, 0) is 44.9 Å². The minimum absolute atomic E-state index is 0. The van der Waals surface area contributed by atoms with Gasteiger partial charge in [-0.1, -0.05) is 12.1 Å². The molecule has 0 bridgehead atoms. The molecule has 176 valence electrons. The molecule has 0 saturated carbocycles. The van der Waals surface area contributed by atoms with Crippen LogP contribution in [0.3, 0.4) is 0 Å². The number of likely N-dealkylation sites (tertiary alicyclic amines) is 1. The van der Waals surface area contributed by atoms with Crippen LogP contribution in [-0.2, 0) is 17.5 Å². The SMILES string of the molecule is CCNC(=NCC(C)(C)C(=O)NC)NC1CCN(Cc2ccc(C(F)(F)F)cc2)C1.I. The Balaban J connectivity index is 0.00000480. The first-order valence-corrected chi connectivity index (χ1v) is 10.2. The number of aliphatic imine (C=N–C) groups is 1. The molecular weight excluding hydrogens is 522 g/mol. The lowest BCUT2D eigenvalue weighted by atomic mass is 9.93. The number of nitrogens with zero attached hydrogens (tertiary/aromatic N) is 2. The summed E-state index contributed by atoms with van der Waals surface area (Å²) in [6, 6.07) is 5.52. The summed E-state index contributed by atoms with van der Waals surface area (Å²) in [7, 11) is 1.61. The highest BCUT2D eigenvalue weighted by Gasteiger charge is 2.30. The van der Waals surface area contributed by atoms with E-state index in [1.54, 1.807) is 7.05 Å². The fourth-order valence-corrected chi connectivity index (χ4v) is 3.35. The fourth-order valence-electron chi connectivity index (χ4n) is 3.35. The van der Waals surface area contributed by atoms with Crippen LogP contribution in [0, 0.1) is 5.41 Å².